The maximum atomic E-state index is 5.44. The molecule has 1 radical (unpaired) electrons. The van der Waals surface area contributed by atoms with Gasteiger partial charge in [0.05, 0.1) is 6.10 Å². The fourth-order valence-corrected chi connectivity index (χ4v) is 1.49. The Bertz CT molecular complexity index is 99.7. The van der Waals surface area contributed by atoms with Crippen molar-refractivity contribution in [2.24, 2.45) is 0 Å². The lowest BCUT2D eigenvalue weighted by Crippen LogP contribution is -2.27. The topological polar surface area (TPSA) is 12.5 Å². The van der Waals surface area contributed by atoms with Gasteiger partial charge in [-0.1, -0.05) is 0 Å². The van der Waals surface area contributed by atoms with E-state index in [-0.39, 0.29) is 0 Å². The van der Waals surface area contributed by atoms with Crippen molar-refractivity contribution in [1.29, 1.82) is 0 Å². The van der Waals surface area contributed by atoms with Crippen LogP contribution in [0.4, 0.5) is 0 Å². The van der Waals surface area contributed by atoms with Crippen LogP contribution >= 0.6 is 0 Å². The summed E-state index contributed by atoms with van der Waals surface area (Å²) in [5.41, 5.74) is 0. The van der Waals surface area contributed by atoms with Crippen molar-refractivity contribution in [2.75, 3.05) is 19.7 Å². The van der Waals surface area contributed by atoms with Gasteiger partial charge in [0.1, 0.15) is 0 Å². The van der Waals surface area contributed by atoms with Crippen LogP contribution in [-0.2, 0) is 4.74 Å². The Morgan fingerprint density at radius 1 is 1.64 bits per heavy atom. The van der Waals surface area contributed by atoms with Crippen molar-refractivity contribution in [3.63, 3.8) is 0 Å². The van der Waals surface area contributed by atoms with Crippen molar-refractivity contribution in [1.82, 2.24) is 4.90 Å². The predicted octanol–water partition coefficient (Wildman–Crippen LogP) is 1.67. The van der Waals surface area contributed by atoms with E-state index in [0.29, 0.717) is 6.10 Å². The van der Waals surface area contributed by atoms with Gasteiger partial charge in [-0.2, -0.15) is 0 Å². The fourth-order valence-electron chi connectivity index (χ4n) is 1.49. The molecule has 1 atom stereocenters. The highest BCUT2D eigenvalue weighted by molar-refractivity contribution is 4.78. The average molecular weight is 156 g/mol. The first kappa shape index (κ1) is 9.01. The van der Waals surface area contributed by atoms with Gasteiger partial charge in [-0.3, -0.25) is 4.90 Å². The highest BCUT2D eigenvalue weighted by Crippen LogP contribution is 2.12. The van der Waals surface area contributed by atoms with Gasteiger partial charge in [0, 0.05) is 19.7 Å². The first-order valence-corrected chi connectivity index (χ1v) is 4.52. The van der Waals surface area contributed by atoms with Gasteiger partial charge in [-0.05, 0) is 33.2 Å². The van der Waals surface area contributed by atoms with Gasteiger partial charge >= 0.3 is 0 Å². The zero-order chi connectivity index (χ0) is 8.10. The quantitative estimate of drug-likeness (QED) is 0.614. The molecule has 11 heavy (non-hydrogen) atoms. The average Bonchev–Trinajstić information content (AvgIpc) is 2.40. The maximum Gasteiger partial charge on any atom is 0.0673 e. The van der Waals surface area contributed by atoms with E-state index < -0.39 is 0 Å². The molecule has 0 amide bonds. The Kier molecular flexibility index (Phi) is 3.87. The van der Waals surface area contributed by atoms with Crippen LogP contribution in [0.25, 0.3) is 0 Å². The molecule has 1 unspecified atom stereocenters. The fraction of sp³-hybridized carbons (Fsp3) is 0.889. The molecule has 0 spiro atoms. The summed E-state index contributed by atoms with van der Waals surface area (Å²) in [6.45, 7) is 9.58. The molecule has 1 rings (SSSR count). The molecule has 0 aromatic carbocycles. The number of ether oxygens (including phenoxy) is 1. The normalized spacial score (nSPS) is 22.4. The van der Waals surface area contributed by atoms with E-state index >= 15 is 0 Å². The lowest BCUT2D eigenvalue weighted by Gasteiger charge is -2.19. The molecule has 0 aliphatic carbocycles. The summed E-state index contributed by atoms with van der Waals surface area (Å²) in [6, 6.07) is 0. The molecule has 1 saturated heterocycles. The van der Waals surface area contributed by atoms with Crippen molar-refractivity contribution < 1.29 is 4.74 Å². The summed E-state index contributed by atoms with van der Waals surface area (Å²) in [5.74, 6) is 0. The third-order valence-electron chi connectivity index (χ3n) is 1.98. The molecule has 0 aromatic rings. The second-order valence-electron chi connectivity index (χ2n) is 3.09. The smallest absolute Gasteiger partial charge is 0.0673 e. The first-order valence-electron chi connectivity index (χ1n) is 4.52. The molecule has 1 aliphatic heterocycles. The van der Waals surface area contributed by atoms with E-state index in [9.17, 15) is 0 Å². The number of rotatable bonds is 4. The molecular weight excluding hydrogens is 138 g/mol. The van der Waals surface area contributed by atoms with Crippen molar-refractivity contribution in [3.05, 3.63) is 6.54 Å². The third-order valence-corrected chi connectivity index (χ3v) is 1.98. The van der Waals surface area contributed by atoms with Crippen molar-refractivity contribution >= 4 is 0 Å². The van der Waals surface area contributed by atoms with E-state index in [4.69, 9.17) is 4.74 Å². The minimum absolute atomic E-state index is 0.384. The Morgan fingerprint density at radius 3 is 3.00 bits per heavy atom. The van der Waals surface area contributed by atoms with E-state index in [2.05, 4.69) is 18.4 Å². The molecule has 2 heteroatoms. The van der Waals surface area contributed by atoms with Gasteiger partial charge in [0.25, 0.3) is 0 Å². The zero-order valence-corrected chi connectivity index (χ0v) is 7.55. The second-order valence-corrected chi connectivity index (χ2v) is 3.09. The summed E-state index contributed by atoms with van der Waals surface area (Å²) < 4.78 is 5.44. The third kappa shape index (κ3) is 3.21. The molecule has 0 N–H and O–H groups in total. The van der Waals surface area contributed by atoms with Gasteiger partial charge in [0.15, 0.2) is 0 Å². The van der Waals surface area contributed by atoms with E-state index in [1.165, 1.54) is 19.4 Å². The number of likely N-dealkylation sites (tertiary alicyclic amines) is 1. The van der Waals surface area contributed by atoms with Crippen molar-refractivity contribution in [2.45, 2.75) is 32.8 Å². The maximum absolute atomic E-state index is 5.44. The Hall–Kier alpha value is -0.0800. The number of hydrogen-bond acceptors (Lipinski definition) is 2. The lowest BCUT2D eigenvalue weighted by molar-refractivity contribution is 0.0560. The monoisotopic (exact) mass is 156 g/mol. The molecule has 0 bridgehead atoms. The molecule has 2 nitrogen and oxygen atoms in total. The van der Waals surface area contributed by atoms with E-state index in [1.807, 2.05) is 6.92 Å². The van der Waals surface area contributed by atoms with Crippen LogP contribution < -0.4 is 0 Å². The van der Waals surface area contributed by atoms with Crippen LogP contribution in [0.15, 0.2) is 0 Å². The van der Waals surface area contributed by atoms with Crippen LogP contribution in [-0.4, -0.2) is 30.7 Å². The zero-order valence-electron chi connectivity index (χ0n) is 7.55. The van der Waals surface area contributed by atoms with Gasteiger partial charge < -0.3 is 4.74 Å². The molecule has 0 aromatic heterocycles. The largest absolute Gasteiger partial charge is 0.377 e. The van der Waals surface area contributed by atoms with Crippen LogP contribution in [0, 0.1) is 6.54 Å². The van der Waals surface area contributed by atoms with Crippen LogP contribution in [0.1, 0.15) is 26.7 Å². The highest BCUT2D eigenvalue weighted by Gasteiger charge is 2.14. The lowest BCUT2D eigenvalue weighted by atomic mass is 10.4. The minimum atomic E-state index is 0.384. The summed E-state index contributed by atoms with van der Waals surface area (Å²) in [6.07, 6.45) is 2.95. The summed E-state index contributed by atoms with van der Waals surface area (Å²) in [4.78, 5) is 2.36. The van der Waals surface area contributed by atoms with E-state index in [0.717, 1.165) is 13.2 Å². The van der Waals surface area contributed by atoms with Crippen LogP contribution in [0.5, 0.6) is 0 Å². The van der Waals surface area contributed by atoms with Crippen LogP contribution in [0.2, 0.25) is 0 Å². The summed E-state index contributed by atoms with van der Waals surface area (Å²) >= 11 is 0. The Balaban J connectivity index is 2.08. The summed E-state index contributed by atoms with van der Waals surface area (Å²) in [7, 11) is 0. The minimum Gasteiger partial charge on any atom is -0.377 e. The molecular formula is C9H18NO. The standard InChI is InChI=1S/C9H18NO/c1-3-11-9(2)8-10-6-4-5-7-10/h6,9H,3-5,7-8H2,1-2H3. The molecule has 0 saturated carbocycles. The first-order chi connectivity index (χ1) is 5.33. The second kappa shape index (κ2) is 4.73. The molecule has 1 fully saturated rings. The van der Waals surface area contributed by atoms with Gasteiger partial charge in [0.2, 0.25) is 0 Å². The highest BCUT2D eigenvalue weighted by atomic mass is 16.5. The van der Waals surface area contributed by atoms with Crippen LogP contribution in [0.3, 0.4) is 0 Å². The molecule has 1 aliphatic rings. The number of hydrogen-bond donors (Lipinski definition) is 0. The van der Waals surface area contributed by atoms with Crippen molar-refractivity contribution in [3.8, 4) is 0 Å². The Labute approximate surface area is 69.5 Å². The van der Waals surface area contributed by atoms with E-state index in [1.54, 1.807) is 0 Å². The molecule has 1 heterocycles. The Morgan fingerprint density at radius 2 is 2.45 bits per heavy atom. The number of nitrogens with zero attached hydrogens (tertiary/aromatic N) is 1. The molecule has 65 valence electrons. The predicted molar refractivity (Wildman–Crippen MR) is 46.2 cm³/mol. The van der Waals surface area contributed by atoms with Gasteiger partial charge in [-0.25, -0.2) is 0 Å². The van der Waals surface area contributed by atoms with Gasteiger partial charge in [-0.15, -0.1) is 0 Å². The SMILES string of the molecule is CCOC(C)CN1[CH]CCC1. The summed E-state index contributed by atoms with van der Waals surface area (Å²) in [5, 5.41) is 0.